The number of carbonyl (C=O) groups excluding carboxylic acids is 2. The molecule has 2 rings (SSSR count). The van der Waals surface area contributed by atoms with E-state index in [1.807, 2.05) is 6.92 Å². The number of benzene rings is 1. The zero-order chi connectivity index (χ0) is 11.0. The molecule has 5 nitrogen and oxygen atoms in total. The van der Waals surface area contributed by atoms with E-state index in [9.17, 15) is 9.59 Å². The van der Waals surface area contributed by atoms with E-state index in [0.717, 1.165) is 10.5 Å². The molecule has 0 atom stereocenters. The maximum atomic E-state index is 11.5. The minimum atomic E-state index is -0.395. The average molecular weight is 205 g/mol. The molecule has 5 heteroatoms. The van der Waals surface area contributed by atoms with Gasteiger partial charge < -0.3 is 11.1 Å². The van der Waals surface area contributed by atoms with Crippen LogP contribution in [-0.2, 0) is 4.79 Å². The van der Waals surface area contributed by atoms with Crippen molar-refractivity contribution in [2.24, 2.45) is 0 Å². The van der Waals surface area contributed by atoms with E-state index in [1.54, 1.807) is 18.2 Å². The molecule has 1 heterocycles. The molecule has 0 aromatic heterocycles. The van der Waals surface area contributed by atoms with Gasteiger partial charge >= 0.3 is 6.03 Å². The van der Waals surface area contributed by atoms with Gasteiger partial charge in [0.05, 0.1) is 12.2 Å². The zero-order valence-corrected chi connectivity index (χ0v) is 8.28. The highest BCUT2D eigenvalue weighted by molar-refractivity contribution is 6.20. The first-order chi connectivity index (χ1) is 7.09. The first-order valence-corrected chi connectivity index (χ1v) is 4.56. The molecule has 0 unspecified atom stereocenters. The van der Waals surface area contributed by atoms with Gasteiger partial charge in [0, 0.05) is 5.69 Å². The molecular formula is C10H11N3O2. The number of nitrogen functional groups attached to an aromatic ring is 1. The van der Waals surface area contributed by atoms with E-state index in [4.69, 9.17) is 5.73 Å². The lowest BCUT2D eigenvalue weighted by Gasteiger charge is -2.15. The van der Waals surface area contributed by atoms with Gasteiger partial charge in [-0.15, -0.1) is 0 Å². The quantitative estimate of drug-likeness (QED) is 0.521. The van der Waals surface area contributed by atoms with Gasteiger partial charge in [-0.1, -0.05) is 6.07 Å². The molecule has 0 saturated carbocycles. The van der Waals surface area contributed by atoms with Gasteiger partial charge in [0.2, 0.25) is 0 Å². The molecule has 78 valence electrons. The molecule has 1 aliphatic heterocycles. The van der Waals surface area contributed by atoms with Crippen LogP contribution in [0.1, 0.15) is 5.56 Å². The molecule has 1 aliphatic rings. The van der Waals surface area contributed by atoms with Crippen molar-refractivity contribution < 1.29 is 9.59 Å². The summed E-state index contributed by atoms with van der Waals surface area (Å²) < 4.78 is 0. The Labute approximate surface area is 86.9 Å². The van der Waals surface area contributed by atoms with Crippen LogP contribution in [0.25, 0.3) is 0 Å². The molecule has 15 heavy (non-hydrogen) atoms. The standard InChI is InChI=1S/C10H11N3O2/c1-6-2-3-7(11)4-8(6)13-9(14)5-12-10(13)15/h2-4H,5,11H2,1H3,(H,12,15). The minimum Gasteiger partial charge on any atom is -0.399 e. The molecule has 1 saturated heterocycles. The number of aryl methyl sites for hydroxylation is 1. The van der Waals surface area contributed by atoms with Gasteiger partial charge in [-0.3, -0.25) is 4.79 Å². The van der Waals surface area contributed by atoms with E-state index < -0.39 is 6.03 Å². The molecule has 1 aromatic rings. The summed E-state index contributed by atoms with van der Waals surface area (Å²) in [4.78, 5) is 24.0. The highest BCUT2D eigenvalue weighted by Gasteiger charge is 2.30. The fraction of sp³-hybridized carbons (Fsp3) is 0.200. The summed E-state index contributed by atoms with van der Waals surface area (Å²) in [5.41, 5.74) is 7.54. The highest BCUT2D eigenvalue weighted by Crippen LogP contribution is 2.24. The molecule has 0 radical (unpaired) electrons. The Morgan fingerprint density at radius 1 is 1.40 bits per heavy atom. The van der Waals surface area contributed by atoms with Gasteiger partial charge in [0.25, 0.3) is 5.91 Å². The Morgan fingerprint density at radius 2 is 2.13 bits per heavy atom. The van der Waals surface area contributed by atoms with E-state index in [-0.39, 0.29) is 12.5 Å². The summed E-state index contributed by atoms with van der Waals surface area (Å²) in [7, 11) is 0. The molecule has 1 fully saturated rings. The molecule has 3 amide bonds. The Balaban J connectivity index is 2.48. The van der Waals surface area contributed by atoms with Gasteiger partial charge in [-0.2, -0.15) is 0 Å². The number of imide groups is 1. The molecule has 1 aromatic carbocycles. The number of nitrogens with two attached hydrogens (primary N) is 1. The Bertz CT molecular complexity index is 426. The SMILES string of the molecule is Cc1ccc(N)cc1N1C(=O)CNC1=O. The van der Waals surface area contributed by atoms with Gasteiger partial charge in [0.15, 0.2) is 0 Å². The number of amides is 3. The monoisotopic (exact) mass is 205 g/mol. The number of rotatable bonds is 1. The van der Waals surface area contributed by atoms with Crippen LogP contribution in [0.2, 0.25) is 0 Å². The normalized spacial score (nSPS) is 15.7. The lowest BCUT2D eigenvalue weighted by molar-refractivity contribution is -0.115. The molecule has 0 aliphatic carbocycles. The molecular weight excluding hydrogens is 194 g/mol. The van der Waals surface area contributed by atoms with Crippen LogP contribution in [0.4, 0.5) is 16.2 Å². The fourth-order valence-corrected chi connectivity index (χ4v) is 1.53. The Hall–Kier alpha value is -2.04. The Morgan fingerprint density at radius 3 is 2.73 bits per heavy atom. The number of hydrogen-bond acceptors (Lipinski definition) is 3. The van der Waals surface area contributed by atoms with Gasteiger partial charge in [-0.05, 0) is 24.6 Å². The lowest BCUT2D eigenvalue weighted by atomic mass is 10.1. The van der Waals surface area contributed by atoms with Crippen LogP contribution in [0, 0.1) is 6.92 Å². The Kier molecular flexibility index (Phi) is 2.07. The van der Waals surface area contributed by atoms with Crippen molar-refractivity contribution >= 4 is 23.3 Å². The first kappa shape index (κ1) is 9.51. The summed E-state index contributed by atoms with van der Waals surface area (Å²) in [5.74, 6) is -0.256. The van der Waals surface area contributed by atoms with E-state index in [2.05, 4.69) is 5.32 Å². The zero-order valence-electron chi connectivity index (χ0n) is 8.28. The maximum Gasteiger partial charge on any atom is 0.329 e. The van der Waals surface area contributed by atoms with Crippen molar-refractivity contribution in [2.45, 2.75) is 6.92 Å². The third-order valence-corrected chi connectivity index (χ3v) is 2.32. The van der Waals surface area contributed by atoms with E-state index in [1.165, 1.54) is 0 Å². The number of urea groups is 1. The second kappa shape index (κ2) is 3.27. The van der Waals surface area contributed by atoms with Crippen molar-refractivity contribution in [3.05, 3.63) is 23.8 Å². The van der Waals surface area contributed by atoms with Crippen LogP contribution in [0.15, 0.2) is 18.2 Å². The second-order valence-corrected chi connectivity index (χ2v) is 3.43. The number of hydrogen-bond donors (Lipinski definition) is 2. The summed E-state index contributed by atoms with van der Waals surface area (Å²) >= 11 is 0. The second-order valence-electron chi connectivity index (χ2n) is 3.43. The topological polar surface area (TPSA) is 75.4 Å². The van der Waals surface area contributed by atoms with Crippen LogP contribution >= 0.6 is 0 Å². The number of nitrogens with one attached hydrogen (secondary N) is 1. The fourth-order valence-electron chi connectivity index (χ4n) is 1.53. The summed E-state index contributed by atoms with van der Waals surface area (Å²) in [6.45, 7) is 1.88. The summed E-state index contributed by atoms with van der Waals surface area (Å²) in [5, 5.41) is 2.46. The smallest absolute Gasteiger partial charge is 0.329 e. The number of anilines is 2. The predicted molar refractivity (Wildman–Crippen MR) is 56.5 cm³/mol. The van der Waals surface area contributed by atoms with Crippen LogP contribution in [0.3, 0.4) is 0 Å². The van der Waals surface area contributed by atoms with Gasteiger partial charge in [0.1, 0.15) is 0 Å². The van der Waals surface area contributed by atoms with Gasteiger partial charge in [-0.25, -0.2) is 9.69 Å². The number of nitrogens with zero attached hydrogens (tertiary/aromatic N) is 1. The van der Waals surface area contributed by atoms with Crippen molar-refractivity contribution in [3.8, 4) is 0 Å². The third kappa shape index (κ3) is 1.52. The predicted octanol–water partition coefficient (Wildman–Crippen LogP) is 0.633. The van der Waals surface area contributed by atoms with Crippen molar-refractivity contribution in [2.75, 3.05) is 17.2 Å². The molecule has 0 spiro atoms. The minimum absolute atomic E-state index is 0.0487. The highest BCUT2D eigenvalue weighted by atomic mass is 16.2. The van der Waals surface area contributed by atoms with Crippen LogP contribution < -0.4 is 16.0 Å². The largest absolute Gasteiger partial charge is 0.399 e. The third-order valence-electron chi connectivity index (χ3n) is 2.32. The van der Waals surface area contributed by atoms with Crippen LogP contribution in [-0.4, -0.2) is 18.5 Å². The van der Waals surface area contributed by atoms with Crippen molar-refractivity contribution in [1.29, 1.82) is 0 Å². The van der Waals surface area contributed by atoms with Crippen LogP contribution in [0.5, 0.6) is 0 Å². The van der Waals surface area contributed by atoms with E-state index >= 15 is 0 Å². The molecule has 0 bridgehead atoms. The van der Waals surface area contributed by atoms with E-state index in [0.29, 0.717) is 11.4 Å². The number of carbonyl (C=O) groups is 2. The van der Waals surface area contributed by atoms with Crippen molar-refractivity contribution in [3.63, 3.8) is 0 Å². The maximum absolute atomic E-state index is 11.5. The molecule has 3 N–H and O–H groups in total. The summed E-state index contributed by atoms with van der Waals surface area (Å²) in [6, 6.07) is 4.74. The first-order valence-electron chi connectivity index (χ1n) is 4.56. The average Bonchev–Trinajstić information content (AvgIpc) is 2.51. The summed E-state index contributed by atoms with van der Waals surface area (Å²) in [6.07, 6.45) is 0. The lowest BCUT2D eigenvalue weighted by Crippen LogP contribution is -2.31. The van der Waals surface area contributed by atoms with Crippen molar-refractivity contribution in [1.82, 2.24) is 5.32 Å².